The quantitative estimate of drug-likeness (QED) is 0.425. The Morgan fingerprint density at radius 1 is 0.968 bits per heavy atom. The topological polar surface area (TPSA) is 110 Å². The molecule has 2 aromatic carbocycles. The Balaban J connectivity index is 1.50. The van der Waals surface area contributed by atoms with Gasteiger partial charge in [0.2, 0.25) is 10.0 Å². The van der Waals surface area contributed by atoms with Crippen LogP contribution in [-0.4, -0.2) is 53.8 Å². The van der Waals surface area contributed by atoms with Crippen molar-refractivity contribution in [3.8, 4) is 11.3 Å². The van der Waals surface area contributed by atoms with Crippen LogP contribution in [-0.2, 0) is 10.0 Å². The molecule has 0 amide bonds. The van der Waals surface area contributed by atoms with Crippen LogP contribution >= 0.6 is 11.6 Å². The number of anilines is 1. The van der Waals surface area contributed by atoms with E-state index in [0.717, 1.165) is 17.3 Å². The van der Waals surface area contributed by atoms with Crippen molar-refractivity contribution in [2.75, 3.05) is 31.1 Å². The molecule has 1 fully saturated rings. The number of hydrogen-bond donors (Lipinski definition) is 0. The van der Waals surface area contributed by atoms with Crippen molar-refractivity contribution < 1.29 is 13.3 Å². The summed E-state index contributed by atoms with van der Waals surface area (Å²) in [6.45, 7) is 1.31. The molecular formula is C20H18ClN5O4S. The number of sulfonamides is 1. The molecule has 0 aliphatic carbocycles. The average molecular weight is 460 g/mol. The second-order valence-corrected chi connectivity index (χ2v) is 9.23. The fourth-order valence-electron chi connectivity index (χ4n) is 3.39. The fourth-order valence-corrected chi connectivity index (χ4v) is 5.02. The Morgan fingerprint density at radius 2 is 1.68 bits per heavy atom. The van der Waals surface area contributed by atoms with E-state index in [0.29, 0.717) is 18.9 Å². The highest BCUT2D eigenvalue weighted by Crippen LogP contribution is 2.29. The first-order valence-corrected chi connectivity index (χ1v) is 11.2. The molecule has 1 aromatic heterocycles. The maximum absolute atomic E-state index is 13.0. The minimum atomic E-state index is -3.88. The zero-order valence-electron chi connectivity index (χ0n) is 16.3. The molecule has 1 saturated heterocycles. The van der Waals surface area contributed by atoms with E-state index >= 15 is 0 Å². The Bertz CT molecular complexity index is 1220. The molecule has 2 heterocycles. The molecule has 31 heavy (non-hydrogen) atoms. The highest BCUT2D eigenvalue weighted by molar-refractivity contribution is 7.89. The summed E-state index contributed by atoms with van der Waals surface area (Å²) >= 11 is 5.80. The van der Waals surface area contributed by atoms with E-state index in [9.17, 15) is 18.5 Å². The Labute approximate surface area is 184 Å². The second kappa shape index (κ2) is 8.58. The Kier molecular flexibility index (Phi) is 5.86. The lowest BCUT2D eigenvalue weighted by molar-refractivity contribution is -0.384. The van der Waals surface area contributed by atoms with Crippen LogP contribution in [0.15, 0.2) is 65.8 Å². The van der Waals surface area contributed by atoms with Crippen molar-refractivity contribution in [2.45, 2.75) is 4.90 Å². The number of nitro groups is 1. The summed E-state index contributed by atoms with van der Waals surface area (Å²) in [7, 11) is -3.88. The molecule has 0 saturated carbocycles. The summed E-state index contributed by atoms with van der Waals surface area (Å²) in [5.74, 6) is 0.716. The van der Waals surface area contributed by atoms with Gasteiger partial charge in [-0.1, -0.05) is 41.9 Å². The van der Waals surface area contributed by atoms with E-state index in [4.69, 9.17) is 11.6 Å². The first-order chi connectivity index (χ1) is 14.9. The third-order valence-corrected chi connectivity index (χ3v) is 7.25. The van der Waals surface area contributed by atoms with E-state index in [1.165, 1.54) is 22.8 Å². The van der Waals surface area contributed by atoms with Crippen LogP contribution in [0.25, 0.3) is 11.3 Å². The predicted molar refractivity (Wildman–Crippen MR) is 117 cm³/mol. The number of halogens is 1. The van der Waals surface area contributed by atoms with Gasteiger partial charge in [-0.05, 0) is 12.1 Å². The van der Waals surface area contributed by atoms with E-state index in [2.05, 4.69) is 9.97 Å². The fraction of sp³-hybridized carbons (Fsp3) is 0.200. The third kappa shape index (κ3) is 4.36. The van der Waals surface area contributed by atoms with Gasteiger partial charge in [-0.15, -0.1) is 0 Å². The second-order valence-electron chi connectivity index (χ2n) is 6.89. The summed E-state index contributed by atoms with van der Waals surface area (Å²) < 4.78 is 27.3. The molecule has 9 nitrogen and oxygen atoms in total. The number of nitro benzene ring substituents is 1. The van der Waals surface area contributed by atoms with Gasteiger partial charge in [0.15, 0.2) is 0 Å². The lowest BCUT2D eigenvalue weighted by atomic mass is 10.1. The zero-order chi connectivity index (χ0) is 22.0. The van der Waals surface area contributed by atoms with Gasteiger partial charge in [0.25, 0.3) is 5.69 Å². The van der Waals surface area contributed by atoms with Gasteiger partial charge in [-0.25, -0.2) is 18.4 Å². The van der Waals surface area contributed by atoms with E-state index in [1.54, 1.807) is 0 Å². The number of nitrogens with zero attached hydrogens (tertiary/aromatic N) is 5. The molecule has 160 valence electrons. The van der Waals surface area contributed by atoms with Crippen molar-refractivity contribution in [3.63, 3.8) is 0 Å². The summed E-state index contributed by atoms with van der Waals surface area (Å²) in [5, 5.41) is 11.0. The lowest BCUT2D eigenvalue weighted by Crippen LogP contribution is -2.48. The van der Waals surface area contributed by atoms with Crippen LogP contribution in [0.4, 0.5) is 11.5 Å². The number of rotatable bonds is 5. The van der Waals surface area contributed by atoms with E-state index in [-0.39, 0.29) is 23.0 Å². The van der Waals surface area contributed by atoms with Crippen molar-refractivity contribution in [1.29, 1.82) is 0 Å². The maximum atomic E-state index is 13.0. The minimum Gasteiger partial charge on any atom is -0.354 e. The molecule has 1 aliphatic heterocycles. The molecular weight excluding hydrogens is 442 g/mol. The van der Waals surface area contributed by atoms with Crippen LogP contribution in [0.5, 0.6) is 0 Å². The lowest BCUT2D eigenvalue weighted by Gasteiger charge is -2.34. The number of benzene rings is 2. The van der Waals surface area contributed by atoms with Gasteiger partial charge in [0.1, 0.15) is 17.2 Å². The molecule has 0 atom stereocenters. The highest BCUT2D eigenvalue weighted by Gasteiger charge is 2.30. The molecule has 11 heteroatoms. The van der Waals surface area contributed by atoms with Crippen LogP contribution in [0, 0.1) is 10.1 Å². The summed E-state index contributed by atoms with van der Waals surface area (Å²) in [6, 6.07) is 15.1. The molecule has 0 unspecified atom stereocenters. The van der Waals surface area contributed by atoms with Gasteiger partial charge >= 0.3 is 0 Å². The Morgan fingerprint density at radius 3 is 2.35 bits per heavy atom. The van der Waals surface area contributed by atoms with Gasteiger partial charge in [-0.2, -0.15) is 4.31 Å². The highest BCUT2D eigenvalue weighted by atomic mass is 35.5. The molecule has 4 rings (SSSR count). The third-order valence-electron chi connectivity index (χ3n) is 5.04. The predicted octanol–water partition coefficient (Wildman–Crippen LogP) is 3.22. The number of aromatic nitrogens is 2. The monoisotopic (exact) mass is 459 g/mol. The Hall–Kier alpha value is -3.08. The van der Waals surface area contributed by atoms with Gasteiger partial charge in [0, 0.05) is 43.9 Å². The van der Waals surface area contributed by atoms with E-state index < -0.39 is 20.6 Å². The van der Waals surface area contributed by atoms with Crippen molar-refractivity contribution in [3.05, 3.63) is 76.1 Å². The molecule has 0 radical (unpaired) electrons. The first-order valence-electron chi connectivity index (χ1n) is 9.43. The summed E-state index contributed by atoms with van der Waals surface area (Å²) in [4.78, 5) is 20.9. The van der Waals surface area contributed by atoms with Crippen molar-refractivity contribution in [1.82, 2.24) is 14.3 Å². The first kappa shape index (κ1) is 21.2. The van der Waals surface area contributed by atoms with Crippen LogP contribution in [0.1, 0.15) is 0 Å². The summed E-state index contributed by atoms with van der Waals surface area (Å²) in [6.07, 6.45) is 1.49. The largest absolute Gasteiger partial charge is 0.354 e. The smallest absolute Gasteiger partial charge is 0.289 e. The molecule has 0 bridgehead atoms. The molecule has 0 N–H and O–H groups in total. The van der Waals surface area contributed by atoms with E-state index in [1.807, 2.05) is 41.3 Å². The normalized spacial score (nSPS) is 15.1. The SMILES string of the molecule is O=[N+]([O-])c1cc(S(=O)(=O)N2CCN(c3cc(-c4ccccc4)ncn3)CC2)ccc1Cl. The van der Waals surface area contributed by atoms with Crippen LogP contribution in [0.3, 0.4) is 0 Å². The summed E-state index contributed by atoms with van der Waals surface area (Å²) in [5.41, 5.74) is 1.32. The molecule has 1 aliphatic rings. The average Bonchev–Trinajstić information content (AvgIpc) is 2.80. The number of hydrogen-bond acceptors (Lipinski definition) is 7. The number of piperazine rings is 1. The molecule has 0 spiro atoms. The minimum absolute atomic E-state index is 0.105. The van der Waals surface area contributed by atoms with Crippen LogP contribution in [0.2, 0.25) is 5.02 Å². The van der Waals surface area contributed by atoms with Gasteiger partial charge in [-0.3, -0.25) is 10.1 Å². The van der Waals surface area contributed by atoms with Crippen LogP contribution < -0.4 is 4.90 Å². The van der Waals surface area contributed by atoms with Gasteiger partial charge in [0.05, 0.1) is 15.5 Å². The van der Waals surface area contributed by atoms with Crippen molar-refractivity contribution >= 4 is 33.1 Å². The van der Waals surface area contributed by atoms with Gasteiger partial charge < -0.3 is 4.90 Å². The molecule has 3 aromatic rings. The standard InChI is InChI=1S/C20H18ClN5O4S/c21-17-7-6-16(12-19(17)26(27)28)31(29,30)25-10-8-24(9-11-25)20-13-18(22-14-23-20)15-4-2-1-3-5-15/h1-7,12-14H,8-11H2. The maximum Gasteiger partial charge on any atom is 0.289 e. The zero-order valence-corrected chi connectivity index (χ0v) is 17.8. The van der Waals surface area contributed by atoms with Crippen molar-refractivity contribution in [2.24, 2.45) is 0 Å².